The van der Waals surface area contributed by atoms with E-state index in [1.165, 1.54) is 0 Å². The number of methoxy groups -OCH3 is 1. The standard InChI is InChI=1S/C21H27N3O3/c1-21(2,3)17-7-5-6-8-18(17)24-20(26)23-14-13-22-19(25)15-9-11-16(27-4)12-10-15/h5-12H,13-14H2,1-4H3,(H,22,25)(H2,23,24,26). The summed E-state index contributed by atoms with van der Waals surface area (Å²) in [7, 11) is 1.58. The average Bonchev–Trinajstić information content (AvgIpc) is 2.64. The third-order valence-corrected chi connectivity index (χ3v) is 4.03. The van der Waals surface area contributed by atoms with Crippen LogP contribution in [0.4, 0.5) is 10.5 Å². The summed E-state index contributed by atoms with van der Waals surface area (Å²) in [4.78, 5) is 24.2. The number of carbonyl (C=O) groups is 2. The predicted octanol–water partition coefficient (Wildman–Crippen LogP) is 3.54. The Kier molecular flexibility index (Phi) is 6.82. The average molecular weight is 369 g/mol. The Hall–Kier alpha value is -3.02. The van der Waals surface area contributed by atoms with Gasteiger partial charge in [-0.05, 0) is 41.3 Å². The Bertz CT molecular complexity index is 780. The fraction of sp³-hybridized carbons (Fsp3) is 0.333. The summed E-state index contributed by atoms with van der Waals surface area (Å²) in [5.74, 6) is 0.498. The first-order valence-electron chi connectivity index (χ1n) is 8.88. The van der Waals surface area contributed by atoms with Crippen molar-refractivity contribution in [3.05, 3.63) is 59.7 Å². The second-order valence-electron chi connectivity index (χ2n) is 7.16. The first-order valence-corrected chi connectivity index (χ1v) is 8.88. The third-order valence-electron chi connectivity index (χ3n) is 4.03. The molecule has 2 aromatic rings. The largest absolute Gasteiger partial charge is 0.497 e. The van der Waals surface area contributed by atoms with Crippen molar-refractivity contribution in [2.45, 2.75) is 26.2 Å². The molecular weight excluding hydrogens is 342 g/mol. The maximum atomic E-state index is 12.1. The second-order valence-corrected chi connectivity index (χ2v) is 7.16. The Morgan fingerprint density at radius 1 is 0.926 bits per heavy atom. The van der Waals surface area contributed by atoms with Crippen LogP contribution in [0.15, 0.2) is 48.5 Å². The summed E-state index contributed by atoms with van der Waals surface area (Å²) >= 11 is 0. The molecule has 0 aromatic heterocycles. The van der Waals surface area contributed by atoms with E-state index in [1.807, 2.05) is 24.3 Å². The molecule has 0 saturated heterocycles. The molecule has 0 bridgehead atoms. The lowest BCUT2D eigenvalue weighted by atomic mass is 9.86. The number of amides is 3. The van der Waals surface area contributed by atoms with Gasteiger partial charge >= 0.3 is 6.03 Å². The molecule has 0 aliphatic heterocycles. The lowest BCUT2D eigenvalue weighted by Gasteiger charge is -2.23. The lowest BCUT2D eigenvalue weighted by molar-refractivity contribution is 0.0954. The Balaban J connectivity index is 1.79. The lowest BCUT2D eigenvalue weighted by Crippen LogP contribution is -2.37. The molecule has 0 unspecified atom stereocenters. The molecule has 3 N–H and O–H groups in total. The highest BCUT2D eigenvalue weighted by molar-refractivity contribution is 5.94. The normalized spacial score (nSPS) is 10.8. The molecule has 6 heteroatoms. The van der Waals surface area contributed by atoms with E-state index in [9.17, 15) is 9.59 Å². The van der Waals surface area contributed by atoms with Crippen LogP contribution in [0, 0.1) is 0 Å². The summed E-state index contributed by atoms with van der Waals surface area (Å²) in [6.45, 7) is 6.95. The summed E-state index contributed by atoms with van der Waals surface area (Å²) in [5, 5.41) is 8.39. The fourth-order valence-corrected chi connectivity index (χ4v) is 2.61. The van der Waals surface area contributed by atoms with Crippen molar-refractivity contribution < 1.29 is 14.3 Å². The highest BCUT2D eigenvalue weighted by atomic mass is 16.5. The molecule has 3 amide bonds. The van der Waals surface area contributed by atoms with Crippen LogP contribution in [-0.2, 0) is 5.41 Å². The fourth-order valence-electron chi connectivity index (χ4n) is 2.61. The van der Waals surface area contributed by atoms with E-state index in [0.717, 1.165) is 11.3 Å². The summed E-state index contributed by atoms with van der Waals surface area (Å²) < 4.78 is 5.07. The third kappa shape index (κ3) is 6.02. The van der Waals surface area contributed by atoms with Crippen LogP contribution in [0.2, 0.25) is 0 Å². The number of anilines is 1. The van der Waals surface area contributed by atoms with Gasteiger partial charge in [0, 0.05) is 24.3 Å². The predicted molar refractivity (Wildman–Crippen MR) is 107 cm³/mol. The summed E-state index contributed by atoms with van der Waals surface area (Å²) in [6, 6.07) is 14.3. The number of nitrogens with one attached hydrogen (secondary N) is 3. The number of hydrogen-bond acceptors (Lipinski definition) is 3. The number of carbonyl (C=O) groups excluding carboxylic acids is 2. The van der Waals surface area contributed by atoms with Gasteiger partial charge in [0.1, 0.15) is 5.75 Å². The Morgan fingerprint density at radius 3 is 2.19 bits per heavy atom. The second kappa shape index (κ2) is 9.07. The van der Waals surface area contributed by atoms with Crippen molar-refractivity contribution >= 4 is 17.6 Å². The van der Waals surface area contributed by atoms with Crippen LogP contribution >= 0.6 is 0 Å². The van der Waals surface area contributed by atoms with Crippen molar-refractivity contribution in [2.75, 3.05) is 25.5 Å². The monoisotopic (exact) mass is 369 g/mol. The minimum Gasteiger partial charge on any atom is -0.497 e. The molecule has 6 nitrogen and oxygen atoms in total. The number of rotatable bonds is 6. The maximum Gasteiger partial charge on any atom is 0.319 e. The van der Waals surface area contributed by atoms with E-state index in [2.05, 4.69) is 36.7 Å². The highest BCUT2D eigenvalue weighted by Crippen LogP contribution is 2.29. The van der Waals surface area contributed by atoms with Crippen molar-refractivity contribution in [3.8, 4) is 5.75 Å². The Labute approximate surface area is 160 Å². The van der Waals surface area contributed by atoms with Gasteiger partial charge in [-0.25, -0.2) is 4.79 Å². The zero-order chi connectivity index (χ0) is 19.9. The molecule has 0 saturated carbocycles. The quantitative estimate of drug-likeness (QED) is 0.682. The van der Waals surface area contributed by atoms with Crippen molar-refractivity contribution in [2.24, 2.45) is 0 Å². The van der Waals surface area contributed by atoms with E-state index < -0.39 is 0 Å². The van der Waals surface area contributed by atoms with Gasteiger partial charge in [-0.3, -0.25) is 4.79 Å². The van der Waals surface area contributed by atoms with Crippen LogP contribution in [0.3, 0.4) is 0 Å². The SMILES string of the molecule is COc1ccc(C(=O)NCCNC(=O)Nc2ccccc2C(C)(C)C)cc1. The topological polar surface area (TPSA) is 79.5 Å². The van der Waals surface area contributed by atoms with Gasteiger partial charge in [0.15, 0.2) is 0 Å². The molecule has 0 fully saturated rings. The number of benzene rings is 2. The number of urea groups is 1. The highest BCUT2D eigenvalue weighted by Gasteiger charge is 2.18. The Morgan fingerprint density at radius 2 is 1.56 bits per heavy atom. The van der Waals surface area contributed by atoms with E-state index in [-0.39, 0.29) is 17.4 Å². The van der Waals surface area contributed by atoms with Crippen LogP contribution < -0.4 is 20.7 Å². The van der Waals surface area contributed by atoms with Gasteiger partial charge in [0.2, 0.25) is 0 Å². The molecule has 0 heterocycles. The number of ether oxygens (including phenoxy) is 1. The van der Waals surface area contributed by atoms with E-state index in [0.29, 0.717) is 24.4 Å². The van der Waals surface area contributed by atoms with Crippen LogP contribution in [-0.4, -0.2) is 32.1 Å². The maximum absolute atomic E-state index is 12.1. The van der Waals surface area contributed by atoms with Crippen molar-refractivity contribution in [1.82, 2.24) is 10.6 Å². The van der Waals surface area contributed by atoms with Gasteiger partial charge in [-0.15, -0.1) is 0 Å². The van der Waals surface area contributed by atoms with Gasteiger partial charge in [0.25, 0.3) is 5.91 Å². The van der Waals surface area contributed by atoms with Crippen LogP contribution in [0.25, 0.3) is 0 Å². The van der Waals surface area contributed by atoms with Crippen LogP contribution in [0.5, 0.6) is 5.75 Å². The molecule has 0 spiro atoms. The molecule has 144 valence electrons. The smallest absolute Gasteiger partial charge is 0.319 e. The van der Waals surface area contributed by atoms with Gasteiger partial charge in [0.05, 0.1) is 7.11 Å². The number of hydrogen-bond donors (Lipinski definition) is 3. The summed E-state index contributed by atoms with van der Waals surface area (Å²) in [6.07, 6.45) is 0. The van der Waals surface area contributed by atoms with Gasteiger partial charge in [-0.2, -0.15) is 0 Å². The van der Waals surface area contributed by atoms with E-state index >= 15 is 0 Å². The van der Waals surface area contributed by atoms with E-state index in [1.54, 1.807) is 31.4 Å². The zero-order valence-corrected chi connectivity index (χ0v) is 16.3. The molecule has 0 atom stereocenters. The zero-order valence-electron chi connectivity index (χ0n) is 16.3. The molecule has 0 aliphatic rings. The van der Waals surface area contributed by atoms with Gasteiger partial charge in [-0.1, -0.05) is 39.0 Å². The summed E-state index contributed by atoms with van der Waals surface area (Å²) in [5.41, 5.74) is 2.31. The first-order chi connectivity index (χ1) is 12.8. The van der Waals surface area contributed by atoms with Gasteiger partial charge < -0.3 is 20.7 Å². The van der Waals surface area contributed by atoms with Crippen LogP contribution in [0.1, 0.15) is 36.7 Å². The molecule has 0 aliphatic carbocycles. The van der Waals surface area contributed by atoms with Crippen molar-refractivity contribution in [3.63, 3.8) is 0 Å². The minimum atomic E-state index is -0.301. The van der Waals surface area contributed by atoms with E-state index in [4.69, 9.17) is 4.74 Å². The first kappa shape index (κ1) is 20.3. The molecule has 0 radical (unpaired) electrons. The van der Waals surface area contributed by atoms with Crippen molar-refractivity contribution in [1.29, 1.82) is 0 Å². The molecule has 2 aromatic carbocycles. The molecular formula is C21H27N3O3. The minimum absolute atomic E-state index is 0.0732. The molecule has 27 heavy (non-hydrogen) atoms. The molecule has 2 rings (SSSR count). The number of para-hydroxylation sites is 1.